The van der Waals surface area contributed by atoms with Crippen molar-refractivity contribution in [1.29, 1.82) is 0 Å². The van der Waals surface area contributed by atoms with Gasteiger partial charge in [-0.05, 0) is 24.3 Å². The average Bonchev–Trinajstić information content (AvgIpc) is 3.04. The first kappa shape index (κ1) is 18.2. The third-order valence-corrected chi connectivity index (χ3v) is 6.20. The summed E-state index contributed by atoms with van der Waals surface area (Å²) < 4.78 is 35.8. The highest BCUT2D eigenvalue weighted by Crippen LogP contribution is 2.38. The summed E-state index contributed by atoms with van der Waals surface area (Å²) >= 11 is 1.19. The van der Waals surface area contributed by atoms with Gasteiger partial charge >= 0.3 is 0 Å². The van der Waals surface area contributed by atoms with Crippen molar-refractivity contribution < 1.29 is 22.7 Å². The fraction of sp³-hybridized carbons (Fsp3) is 0.176. The maximum Gasteiger partial charge on any atom is 0.241 e. The quantitative estimate of drug-likeness (QED) is 0.693. The second kappa shape index (κ2) is 7.30. The molecule has 0 saturated carbocycles. The number of hydrogen-bond acceptors (Lipinski definition) is 7. The van der Waals surface area contributed by atoms with Gasteiger partial charge in [0.2, 0.25) is 5.91 Å². The highest BCUT2D eigenvalue weighted by atomic mass is 32.2. The van der Waals surface area contributed by atoms with E-state index in [1.54, 1.807) is 30.3 Å². The average molecular weight is 392 g/mol. The number of benzene rings is 2. The molecule has 3 aromatic rings. The molecule has 0 fully saturated rings. The monoisotopic (exact) mass is 392 g/mol. The lowest BCUT2D eigenvalue weighted by atomic mass is 10.3. The minimum atomic E-state index is -3.72. The first-order chi connectivity index (χ1) is 12.4. The van der Waals surface area contributed by atoms with Gasteiger partial charge in [0.1, 0.15) is 27.5 Å². The second-order valence-electron chi connectivity index (χ2n) is 5.29. The molecular formula is C17H16N2O5S2. The van der Waals surface area contributed by atoms with Crippen molar-refractivity contribution in [2.24, 2.45) is 0 Å². The number of sulfone groups is 1. The molecule has 0 saturated heterocycles. The Balaban J connectivity index is 1.84. The Labute approximate surface area is 154 Å². The minimum absolute atomic E-state index is 0.0998. The van der Waals surface area contributed by atoms with Crippen molar-refractivity contribution in [3.05, 3.63) is 42.5 Å². The van der Waals surface area contributed by atoms with E-state index in [4.69, 9.17) is 9.47 Å². The number of thiazole rings is 1. The van der Waals surface area contributed by atoms with Crippen molar-refractivity contribution in [2.45, 2.75) is 4.90 Å². The zero-order valence-corrected chi connectivity index (χ0v) is 15.7. The molecule has 3 rings (SSSR count). The topological polar surface area (TPSA) is 94.6 Å². The van der Waals surface area contributed by atoms with Crippen molar-refractivity contribution in [3.8, 4) is 11.5 Å². The smallest absolute Gasteiger partial charge is 0.241 e. The predicted octanol–water partition coefficient (Wildman–Crippen LogP) is 2.73. The lowest BCUT2D eigenvalue weighted by Crippen LogP contribution is -2.22. The molecule has 0 aliphatic carbocycles. The van der Waals surface area contributed by atoms with Crippen LogP contribution in [0.15, 0.2) is 47.4 Å². The third-order valence-electron chi connectivity index (χ3n) is 3.58. The van der Waals surface area contributed by atoms with Gasteiger partial charge < -0.3 is 14.8 Å². The van der Waals surface area contributed by atoms with Crippen LogP contribution >= 0.6 is 11.3 Å². The summed E-state index contributed by atoms with van der Waals surface area (Å²) in [4.78, 5) is 16.6. The van der Waals surface area contributed by atoms with Gasteiger partial charge in [0.15, 0.2) is 15.0 Å². The molecule has 1 amide bonds. The highest BCUT2D eigenvalue weighted by Gasteiger charge is 2.21. The number of anilines is 1. The van der Waals surface area contributed by atoms with E-state index in [-0.39, 0.29) is 10.0 Å². The molecule has 1 N–H and O–H groups in total. The zero-order valence-electron chi connectivity index (χ0n) is 14.1. The first-order valence-electron chi connectivity index (χ1n) is 7.54. The number of carbonyl (C=O) groups is 1. The number of nitrogens with zero attached hydrogens (tertiary/aromatic N) is 1. The number of ether oxygens (including phenoxy) is 2. The molecule has 7 nitrogen and oxygen atoms in total. The fourth-order valence-electron chi connectivity index (χ4n) is 2.38. The van der Waals surface area contributed by atoms with E-state index in [1.165, 1.54) is 37.7 Å². The molecule has 0 aliphatic heterocycles. The Kier molecular flexibility index (Phi) is 5.10. The summed E-state index contributed by atoms with van der Waals surface area (Å²) in [6.07, 6.45) is 0. The Morgan fingerprint density at radius 2 is 1.73 bits per heavy atom. The maximum atomic E-state index is 12.3. The van der Waals surface area contributed by atoms with Crippen LogP contribution in [0.3, 0.4) is 0 Å². The normalized spacial score (nSPS) is 11.3. The zero-order chi connectivity index (χ0) is 18.7. The van der Waals surface area contributed by atoms with Crippen LogP contribution in [0.5, 0.6) is 11.5 Å². The lowest BCUT2D eigenvalue weighted by molar-refractivity contribution is -0.113. The van der Waals surface area contributed by atoms with E-state index in [0.29, 0.717) is 21.7 Å². The van der Waals surface area contributed by atoms with Crippen LogP contribution < -0.4 is 14.8 Å². The number of rotatable bonds is 6. The summed E-state index contributed by atoms with van der Waals surface area (Å²) in [5.41, 5.74) is 0.540. The van der Waals surface area contributed by atoms with E-state index in [9.17, 15) is 13.2 Å². The molecule has 0 spiro atoms. The van der Waals surface area contributed by atoms with Crippen LogP contribution in [0.1, 0.15) is 0 Å². The molecule has 0 bridgehead atoms. The van der Waals surface area contributed by atoms with Gasteiger partial charge in [0.05, 0.1) is 19.1 Å². The van der Waals surface area contributed by atoms with Crippen molar-refractivity contribution in [1.82, 2.24) is 4.98 Å². The first-order valence-corrected chi connectivity index (χ1v) is 10.0. The molecule has 9 heteroatoms. The third kappa shape index (κ3) is 3.63. The Hall–Kier alpha value is -2.65. The number of hydrogen-bond donors (Lipinski definition) is 1. The summed E-state index contributed by atoms with van der Waals surface area (Å²) in [6, 6.07) is 11.3. The fourth-order valence-corrected chi connectivity index (χ4v) is 4.52. The van der Waals surface area contributed by atoms with Gasteiger partial charge in [-0.1, -0.05) is 29.5 Å². The Morgan fingerprint density at radius 1 is 1.08 bits per heavy atom. The number of nitrogens with one attached hydrogen (secondary N) is 1. The summed E-state index contributed by atoms with van der Waals surface area (Å²) in [7, 11) is -0.667. The van der Waals surface area contributed by atoms with E-state index in [2.05, 4.69) is 10.3 Å². The van der Waals surface area contributed by atoms with Crippen LogP contribution in [0.2, 0.25) is 0 Å². The molecule has 1 aromatic heterocycles. The van der Waals surface area contributed by atoms with Crippen molar-refractivity contribution in [2.75, 3.05) is 25.3 Å². The molecule has 0 radical (unpaired) electrons. The molecule has 2 aromatic carbocycles. The van der Waals surface area contributed by atoms with E-state index in [0.717, 1.165) is 0 Å². The van der Waals surface area contributed by atoms with Gasteiger partial charge in [0, 0.05) is 0 Å². The summed E-state index contributed by atoms with van der Waals surface area (Å²) in [5, 5.41) is 2.81. The number of methoxy groups -OCH3 is 2. The van der Waals surface area contributed by atoms with E-state index >= 15 is 0 Å². The van der Waals surface area contributed by atoms with Gasteiger partial charge in [-0.3, -0.25) is 4.79 Å². The second-order valence-corrected chi connectivity index (χ2v) is 8.28. The van der Waals surface area contributed by atoms with Crippen LogP contribution in [-0.4, -0.2) is 39.3 Å². The van der Waals surface area contributed by atoms with Crippen LogP contribution in [0.4, 0.5) is 5.13 Å². The predicted molar refractivity (Wildman–Crippen MR) is 99.8 cm³/mol. The standard InChI is InChI=1S/C17H16N2O5S2/c1-23-12-8-9-13(24-2)16-15(12)19-17(25-16)18-14(20)10-26(21,22)11-6-4-3-5-7-11/h3-9H,10H2,1-2H3,(H,18,19,20). The van der Waals surface area contributed by atoms with Gasteiger partial charge in [-0.2, -0.15) is 0 Å². The highest BCUT2D eigenvalue weighted by molar-refractivity contribution is 7.92. The minimum Gasteiger partial charge on any atom is -0.495 e. The van der Waals surface area contributed by atoms with Crippen LogP contribution in [0.25, 0.3) is 10.2 Å². The molecule has 0 unspecified atom stereocenters. The summed E-state index contributed by atoms with van der Waals surface area (Å²) in [6.45, 7) is 0. The van der Waals surface area contributed by atoms with Gasteiger partial charge in [-0.25, -0.2) is 13.4 Å². The Morgan fingerprint density at radius 3 is 2.38 bits per heavy atom. The largest absolute Gasteiger partial charge is 0.495 e. The molecule has 0 aliphatic rings. The molecule has 136 valence electrons. The maximum absolute atomic E-state index is 12.3. The number of carbonyl (C=O) groups excluding carboxylic acids is 1. The number of fused-ring (bicyclic) bond motifs is 1. The lowest BCUT2D eigenvalue weighted by Gasteiger charge is -2.04. The van der Waals surface area contributed by atoms with E-state index in [1.807, 2.05) is 0 Å². The van der Waals surface area contributed by atoms with Gasteiger partial charge in [-0.15, -0.1) is 0 Å². The summed E-state index contributed by atoms with van der Waals surface area (Å²) in [5.74, 6) is -0.197. The SMILES string of the molecule is COc1ccc(OC)c2sc(NC(=O)CS(=O)(=O)c3ccccc3)nc12. The van der Waals surface area contributed by atoms with Crippen molar-refractivity contribution in [3.63, 3.8) is 0 Å². The van der Waals surface area contributed by atoms with Gasteiger partial charge in [0.25, 0.3) is 0 Å². The Bertz CT molecular complexity index is 1000. The molecular weight excluding hydrogens is 376 g/mol. The molecule has 0 atom stereocenters. The van der Waals surface area contributed by atoms with E-state index < -0.39 is 21.5 Å². The van der Waals surface area contributed by atoms with Crippen LogP contribution in [0, 0.1) is 0 Å². The molecule has 26 heavy (non-hydrogen) atoms. The van der Waals surface area contributed by atoms with Crippen LogP contribution in [-0.2, 0) is 14.6 Å². The van der Waals surface area contributed by atoms with Crippen molar-refractivity contribution >= 4 is 42.4 Å². The number of aromatic nitrogens is 1. The molecule has 1 heterocycles. The number of amides is 1.